The Bertz CT molecular complexity index is 2480. The zero-order valence-corrected chi connectivity index (χ0v) is 24.1. The Morgan fingerprint density at radius 2 is 1.09 bits per heavy atom. The SMILES string of the molecule is c1ccc(-c2nc(-c3ccccc3)nc(-c3ccc4c(-c5cccc6ccc7c8ncccc8oc7c56)cccc4c3)n2)cc1. The van der Waals surface area contributed by atoms with Gasteiger partial charge >= 0.3 is 0 Å². The molecule has 210 valence electrons. The van der Waals surface area contributed by atoms with Crippen LogP contribution in [-0.2, 0) is 0 Å². The van der Waals surface area contributed by atoms with Gasteiger partial charge in [0.2, 0.25) is 0 Å². The molecule has 0 saturated heterocycles. The maximum absolute atomic E-state index is 6.43. The predicted molar refractivity (Wildman–Crippen MR) is 182 cm³/mol. The van der Waals surface area contributed by atoms with E-state index in [-0.39, 0.29) is 0 Å². The van der Waals surface area contributed by atoms with E-state index in [4.69, 9.17) is 19.4 Å². The van der Waals surface area contributed by atoms with Crippen molar-refractivity contribution in [2.75, 3.05) is 0 Å². The summed E-state index contributed by atoms with van der Waals surface area (Å²) in [5.41, 5.74) is 7.62. The number of furan rings is 1. The number of benzene rings is 6. The van der Waals surface area contributed by atoms with Crippen molar-refractivity contribution in [3.63, 3.8) is 0 Å². The molecule has 0 unspecified atom stereocenters. The van der Waals surface area contributed by atoms with Crippen LogP contribution in [0.4, 0.5) is 0 Å². The molecule has 0 bridgehead atoms. The average molecular weight is 577 g/mol. The largest absolute Gasteiger partial charge is 0.454 e. The van der Waals surface area contributed by atoms with Crippen LogP contribution in [0.3, 0.4) is 0 Å². The Labute approximate surface area is 258 Å². The van der Waals surface area contributed by atoms with Crippen LogP contribution in [0.15, 0.2) is 150 Å². The van der Waals surface area contributed by atoms with E-state index in [1.165, 1.54) is 0 Å². The highest BCUT2D eigenvalue weighted by Crippen LogP contribution is 2.41. The van der Waals surface area contributed by atoms with Crippen LogP contribution in [0.1, 0.15) is 0 Å². The molecule has 45 heavy (non-hydrogen) atoms. The van der Waals surface area contributed by atoms with Gasteiger partial charge in [0.15, 0.2) is 23.1 Å². The Morgan fingerprint density at radius 3 is 1.82 bits per heavy atom. The standard InChI is InChI=1S/C40H24N4O/c1-3-10-26(11-4-1)38-42-39(27-12-5-2-6-13-27)44-40(43-38)29-20-21-30-28(24-29)15-8-16-31(30)32-17-7-14-25-19-22-33-36-34(18-9-23-41-36)45-37(33)35(25)32/h1-24H. The summed E-state index contributed by atoms with van der Waals surface area (Å²) in [7, 11) is 0. The van der Waals surface area contributed by atoms with Gasteiger partial charge in [0, 0.05) is 33.7 Å². The van der Waals surface area contributed by atoms with Crippen LogP contribution in [0.2, 0.25) is 0 Å². The molecule has 0 aliphatic heterocycles. The highest BCUT2D eigenvalue weighted by Gasteiger charge is 2.17. The topological polar surface area (TPSA) is 64.7 Å². The van der Waals surface area contributed by atoms with Crippen molar-refractivity contribution < 1.29 is 4.42 Å². The minimum Gasteiger partial charge on any atom is -0.454 e. The quantitative estimate of drug-likeness (QED) is 0.209. The lowest BCUT2D eigenvalue weighted by molar-refractivity contribution is 0.672. The first-order valence-electron chi connectivity index (χ1n) is 14.9. The van der Waals surface area contributed by atoms with Crippen molar-refractivity contribution in [2.45, 2.75) is 0 Å². The Hall–Kier alpha value is -6.20. The average Bonchev–Trinajstić information content (AvgIpc) is 3.50. The number of rotatable bonds is 4. The summed E-state index contributed by atoms with van der Waals surface area (Å²) in [4.78, 5) is 19.3. The fraction of sp³-hybridized carbons (Fsp3) is 0. The molecule has 5 heteroatoms. The van der Waals surface area contributed by atoms with Crippen LogP contribution in [0.25, 0.3) is 88.9 Å². The molecule has 0 aliphatic carbocycles. The third-order valence-corrected chi connectivity index (χ3v) is 8.36. The highest BCUT2D eigenvalue weighted by molar-refractivity contribution is 6.19. The summed E-state index contributed by atoms with van der Waals surface area (Å²) in [5.74, 6) is 1.93. The van der Waals surface area contributed by atoms with Gasteiger partial charge in [0.1, 0.15) is 11.1 Å². The van der Waals surface area contributed by atoms with E-state index in [2.05, 4.69) is 71.7 Å². The summed E-state index contributed by atoms with van der Waals surface area (Å²) < 4.78 is 6.43. The van der Waals surface area contributed by atoms with Gasteiger partial charge in [-0.1, -0.05) is 115 Å². The molecule has 0 spiro atoms. The normalized spacial score (nSPS) is 11.6. The third-order valence-electron chi connectivity index (χ3n) is 8.36. The van der Waals surface area contributed by atoms with E-state index < -0.39 is 0 Å². The predicted octanol–water partition coefficient (Wildman–Crippen LogP) is 10.1. The molecule has 0 radical (unpaired) electrons. The lowest BCUT2D eigenvalue weighted by atomic mass is 9.92. The van der Waals surface area contributed by atoms with Gasteiger partial charge in [-0.05, 0) is 51.6 Å². The van der Waals surface area contributed by atoms with Crippen LogP contribution in [0, 0.1) is 0 Å². The molecule has 0 N–H and O–H groups in total. The van der Waals surface area contributed by atoms with E-state index >= 15 is 0 Å². The van der Waals surface area contributed by atoms with Crippen molar-refractivity contribution in [3.05, 3.63) is 146 Å². The second-order valence-electron chi connectivity index (χ2n) is 11.1. The van der Waals surface area contributed by atoms with E-state index in [0.717, 1.165) is 71.4 Å². The van der Waals surface area contributed by atoms with Crippen LogP contribution in [-0.4, -0.2) is 19.9 Å². The van der Waals surface area contributed by atoms with Crippen molar-refractivity contribution >= 4 is 43.6 Å². The first kappa shape index (κ1) is 25.3. The lowest BCUT2D eigenvalue weighted by Crippen LogP contribution is -2.00. The van der Waals surface area contributed by atoms with Gasteiger partial charge in [-0.3, -0.25) is 4.98 Å². The minimum atomic E-state index is 0.636. The van der Waals surface area contributed by atoms with Gasteiger partial charge in [0.05, 0.1) is 0 Å². The molecule has 9 rings (SSSR count). The molecule has 0 amide bonds. The number of aromatic nitrogens is 4. The van der Waals surface area contributed by atoms with Gasteiger partial charge in [-0.15, -0.1) is 0 Å². The Morgan fingerprint density at radius 1 is 0.444 bits per heavy atom. The molecule has 3 aromatic heterocycles. The molecular weight excluding hydrogens is 552 g/mol. The zero-order chi connectivity index (χ0) is 29.7. The number of nitrogens with zero attached hydrogens (tertiary/aromatic N) is 4. The van der Waals surface area contributed by atoms with Crippen molar-refractivity contribution in [3.8, 4) is 45.3 Å². The molecule has 3 heterocycles. The fourth-order valence-electron chi connectivity index (χ4n) is 6.24. The second-order valence-corrected chi connectivity index (χ2v) is 11.1. The zero-order valence-electron chi connectivity index (χ0n) is 24.1. The number of hydrogen-bond donors (Lipinski definition) is 0. The van der Waals surface area contributed by atoms with Crippen LogP contribution in [0.5, 0.6) is 0 Å². The minimum absolute atomic E-state index is 0.636. The van der Waals surface area contributed by atoms with E-state index in [1.807, 2.05) is 79.0 Å². The van der Waals surface area contributed by atoms with Gasteiger partial charge in [-0.25, -0.2) is 15.0 Å². The number of hydrogen-bond acceptors (Lipinski definition) is 5. The molecule has 5 nitrogen and oxygen atoms in total. The summed E-state index contributed by atoms with van der Waals surface area (Å²) >= 11 is 0. The van der Waals surface area contributed by atoms with E-state index in [9.17, 15) is 0 Å². The maximum atomic E-state index is 6.43. The van der Waals surface area contributed by atoms with Crippen molar-refractivity contribution in [2.24, 2.45) is 0 Å². The van der Waals surface area contributed by atoms with E-state index in [1.54, 1.807) is 0 Å². The molecule has 0 atom stereocenters. The summed E-state index contributed by atoms with van der Waals surface area (Å²) in [6, 6.07) is 47.6. The third kappa shape index (κ3) is 4.25. The Balaban J connectivity index is 1.23. The smallest absolute Gasteiger partial charge is 0.164 e. The monoisotopic (exact) mass is 576 g/mol. The summed E-state index contributed by atoms with van der Waals surface area (Å²) in [5, 5.41) is 5.47. The summed E-state index contributed by atoms with van der Waals surface area (Å²) in [6.45, 7) is 0. The molecule has 0 aliphatic rings. The van der Waals surface area contributed by atoms with Gasteiger partial charge in [0.25, 0.3) is 0 Å². The highest BCUT2D eigenvalue weighted by atomic mass is 16.3. The van der Waals surface area contributed by atoms with Gasteiger partial charge < -0.3 is 4.42 Å². The number of fused-ring (bicyclic) bond motifs is 6. The second kappa shape index (κ2) is 10.2. The van der Waals surface area contributed by atoms with Crippen molar-refractivity contribution in [1.29, 1.82) is 0 Å². The molecule has 9 aromatic rings. The molecular formula is C40H24N4O. The summed E-state index contributed by atoms with van der Waals surface area (Å²) in [6.07, 6.45) is 1.81. The van der Waals surface area contributed by atoms with Crippen LogP contribution < -0.4 is 0 Å². The molecule has 0 saturated carbocycles. The lowest BCUT2D eigenvalue weighted by Gasteiger charge is -2.12. The number of pyridine rings is 1. The van der Waals surface area contributed by atoms with Crippen molar-refractivity contribution in [1.82, 2.24) is 19.9 Å². The molecule has 6 aromatic carbocycles. The maximum Gasteiger partial charge on any atom is 0.164 e. The van der Waals surface area contributed by atoms with Gasteiger partial charge in [-0.2, -0.15) is 0 Å². The van der Waals surface area contributed by atoms with E-state index in [0.29, 0.717) is 17.5 Å². The Kier molecular flexibility index (Phi) is 5.74. The fourth-order valence-corrected chi connectivity index (χ4v) is 6.24. The molecule has 0 fully saturated rings. The first-order chi connectivity index (χ1) is 22.3. The first-order valence-corrected chi connectivity index (χ1v) is 14.9. The van der Waals surface area contributed by atoms with Crippen LogP contribution >= 0.6 is 0 Å².